The molecule has 0 radical (unpaired) electrons. The summed E-state index contributed by atoms with van der Waals surface area (Å²) in [5.41, 5.74) is 14.3. The van der Waals surface area contributed by atoms with Crippen molar-refractivity contribution in [1.82, 2.24) is 0 Å². The molecule has 4 aromatic carbocycles. The van der Waals surface area contributed by atoms with Crippen molar-refractivity contribution < 1.29 is 0 Å². The van der Waals surface area contributed by atoms with Gasteiger partial charge in [0.15, 0.2) is 0 Å². The normalized spacial score (nSPS) is 22.4. The molecule has 1 N–H and O–H groups in total. The molecule has 0 spiro atoms. The van der Waals surface area contributed by atoms with Crippen LogP contribution in [0.1, 0.15) is 94.2 Å². The first-order valence-corrected chi connectivity index (χ1v) is 18.5. The van der Waals surface area contributed by atoms with Gasteiger partial charge in [0.1, 0.15) is 6.17 Å². The van der Waals surface area contributed by atoms with Gasteiger partial charge < -0.3 is 10.2 Å². The lowest BCUT2D eigenvalue weighted by molar-refractivity contribution is 0.500. The van der Waals surface area contributed by atoms with E-state index in [9.17, 15) is 0 Å². The van der Waals surface area contributed by atoms with E-state index in [1.807, 2.05) is 0 Å². The first-order chi connectivity index (χ1) is 23.7. The van der Waals surface area contributed by atoms with Crippen molar-refractivity contribution in [3.05, 3.63) is 137 Å². The van der Waals surface area contributed by atoms with Gasteiger partial charge in [-0.1, -0.05) is 91.9 Å². The first kappa shape index (κ1) is 29.6. The van der Waals surface area contributed by atoms with Crippen LogP contribution in [-0.2, 0) is 0 Å². The SMILES string of the molecule is CC1CC=C(C2Nc3ccccc3N2C2=CC=C(c3c4ccccc4c(C4=CC=CCC4)c4ccc(C5=CCCCC5)cc34)CC2)CC1. The Hall–Kier alpha value is -4.56. The summed E-state index contributed by atoms with van der Waals surface area (Å²) in [7, 11) is 0. The quantitative estimate of drug-likeness (QED) is 0.175. The average Bonchev–Trinajstić information content (AvgIpc) is 3.54. The zero-order chi connectivity index (χ0) is 32.0. The fourth-order valence-corrected chi connectivity index (χ4v) is 8.99. The molecule has 4 aromatic rings. The van der Waals surface area contributed by atoms with Crippen LogP contribution in [0, 0.1) is 5.92 Å². The molecule has 5 aliphatic rings. The zero-order valence-corrected chi connectivity index (χ0v) is 28.3. The lowest BCUT2D eigenvalue weighted by Gasteiger charge is -2.34. The molecule has 2 unspecified atom stereocenters. The maximum atomic E-state index is 3.91. The second-order valence-electron chi connectivity index (χ2n) is 14.6. The molecule has 1 aliphatic heterocycles. The second kappa shape index (κ2) is 12.5. The molecule has 2 heteroatoms. The fraction of sp³-hybridized carbons (Fsp3) is 0.304. The number of benzene rings is 4. The molecule has 0 fully saturated rings. The van der Waals surface area contributed by atoms with Gasteiger partial charge in [-0.15, -0.1) is 0 Å². The molecular weight excluding hydrogens is 581 g/mol. The van der Waals surface area contributed by atoms with Crippen LogP contribution in [-0.4, -0.2) is 6.17 Å². The number of rotatable bonds is 5. The van der Waals surface area contributed by atoms with Gasteiger partial charge in [-0.25, -0.2) is 0 Å². The van der Waals surface area contributed by atoms with Crippen molar-refractivity contribution in [2.75, 3.05) is 10.2 Å². The first-order valence-electron chi connectivity index (χ1n) is 18.5. The average molecular weight is 627 g/mol. The van der Waals surface area contributed by atoms with Gasteiger partial charge in [-0.2, -0.15) is 0 Å². The van der Waals surface area contributed by atoms with Crippen molar-refractivity contribution in [3.63, 3.8) is 0 Å². The Kier molecular flexibility index (Phi) is 7.68. The van der Waals surface area contributed by atoms with Gasteiger partial charge in [0.2, 0.25) is 0 Å². The van der Waals surface area contributed by atoms with Crippen LogP contribution in [0.2, 0.25) is 0 Å². The van der Waals surface area contributed by atoms with Crippen molar-refractivity contribution in [3.8, 4) is 0 Å². The van der Waals surface area contributed by atoms with E-state index in [0.717, 1.165) is 31.6 Å². The van der Waals surface area contributed by atoms with Crippen LogP contribution in [0.4, 0.5) is 11.4 Å². The molecule has 48 heavy (non-hydrogen) atoms. The van der Waals surface area contributed by atoms with E-state index in [1.165, 1.54) is 117 Å². The highest BCUT2D eigenvalue weighted by molar-refractivity contribution is 6.16. The lowest BCUT2D eigenvalue weighted by atomic mass is 9.81. The molecule has 1 heterocycles. The van der Waals surface area contributed by atoms with E-state index >= 15 is 0 Å². The number of fused-ring (bicyclic) bond motifs is 3. The summed E-state index contributed by atoms with van der Waals surface area (Å²) in [6, 6.07) is 25.5. The van der Waals surface area contributed by atoms with E-state index < -0.39 is 0 Å². The third kappa shape index (κ3) is 5.17. The fourth-order valence-electron chi connectivity index (χ4n) is 8.99. The Morgan fingerprint density at radius 3 is 2.23 bits per heavy atom. The second-order valence-corrected chi connectivity index (χ2v) is 14.6. The van der Waals surface area contributed by atoms with Crippen molar-refractivity contribution >= 4 is 49.6 Å². The van der Waals surface area contributed by atoms with Gasteiger partial charge >= 0.3 is 0 Å². The molecule has 2 atom stereocenters. The number of para-hydroxylation sites is 2. The van der Waals surface area contributed by atoms with Gasteiger partial charge in [-0.05, 0) is 161 Å². The Morgan fingerprint density at radius 2 is 1.48 bits per heavy atom. The van der Waals surface area contributed by atoms with Crippen molar-refractivity contribution in [1.29, 1.82) is 0 Å². The molecule has 0 aromatic heterocycles. The number of hydrogen-bond acceptors (Lipinski definition) is 2. The van der Waals surface area contributed by atoms with Crippen LogP contribution >= 0.6 is 0 Å². The minimum atomic E-state index is 0.209. The molecule has 240 valence electrons. The minimum absolute atomic E-state index is 0.209. The highest BCUT2D eigenvalue weighted by Crippen LogP contribution is 2.47. The van der Waals surface area contributed by atoms with Gasteiger partial charge in [0, 0.05) is 5.70 Å². The standard InChI is InChI=1S/C46H46N2/c1-31-20-22-35(23-21-31)46-47-42-18-10-11-19-43(42)48(46)37-27-24-34(25-28-37)45-39-17-9-8-16-38(39)44(33-14-6-3-7-15-33)40-29-26-36(30-41(40)45)32-12-4-2-5-13-32/h3,6,8-12,14,16-19,22,24,26-27,29-31,46-47H,2,4-5,7,13,15,20-21,23,25,28H2,1H3. The molecule has 9 rings (SSSR count). The van der Waals surface area contributed by atoms with Gasteiger partial charge in [0.05, 0.1) is 11.4 Å². The number of nitrogens with zero attached hydrogens (tertiary/aromatic N) is 1. The van der Waals surface area contributed by atoms with Crippen LogP contribution < -0.4 is 10.2 Å². The molecule has 0 bridgehead atoms. The summed E-state index contributed by atoms with van der Waals surface area (Å²) in [6.07, 6.45) is 29.9. The number of anilines is 2. The highest BCUT2D eigenvalue weighted by Gasteiger charge is 2.35. The van der Waals surface area contributed by atoms with E-state index in [2.05, 4.69) is 126 Å². The lowest BCUT2D eigenvalue weighted by Crippen LogP contribution is -2.37. The van der Waals surface area contributed by atoms with Gasteiger partial charge in [-0.3, -0.25) is 0 Å². The van der Waals surface area contributed by atoms with Crippen molar-refractivity contribution in [2.45, 2.75) is 83.7 Å². The summed E-state index contributed by atoms with van der Waals surface area (Å²) >= 11 is 0. The predicted molar refractivity (Wildman–Crippen MR) is 207 cm³/mol. The molecule has 4 aliphatic carbocycles. The van der Waals surface area contributed by atoms with E-state index in [4.69, 9.17) is 0 Å². The smallest absolute Gasteiger partial charge is 0.126 e. The van der Waals surface area contributed by atoms with Crippen LogP contribution in [0.5, 0.6) is 0 Å². The van der Waals surface area contributed by atoms with Crippen molar-refractivity contribution in [2.24, 2.45) is 5.92 Å². The highest BCUT2D eigenvalue weighted by atomic mass is 15.3. The summed E-state index contributed by atoms with van der Waals surface area (Å²) in [5.74, 6) is 0.780. The summed E-state index contributed by atoms with van der Waals surface area (Å²) < 4.78 is 0. The van der Waals surface area contributed by atoms with E-state index in [-0.39, 0.29) is 6.17 Å². The monoisotopic (exact) mass is 626 g/mol. The number of hydrogen-bond donors (Lipinski definition) is 1. The third-order valence-electron chi connectivity index (χ3n) is 11.6. The van der Waals surface area contributed by atoms with E-state index in [0.29, 0.717) is 0 Å². The van der Waals surface area contributed by atoms with Gasteiger partial charge in [0.25, 0.3) is 0 Å². The minimum Gasteiger partial charge on any atom is -0.360 e. The zero-order valence-electron chi connectivity index (χ0n) is 28.3. The largest absolute Gasteiger partial charge is 0.360 e. The maximum Gasteiger partial charge on any atom is 0.126 e. The molecule has 0 saturated heterocycles. The number of nitrogens with one attached hydrogen (secondary N) is 1. The molecular formula is C46H46N2. The summed E-state index contributed by atoms with van der Waals surface area (Å²) in [5, 5.41) is 9.51. The predicted octanol–water partition coefficient (Wildman–Crippen LogP) is 12.7. The summed E-state index contributed by atoms with van der Waals surface area (Å²) in [4.78, 5) is 2.61. The van der Waals surface area contributed by atoms with E-state index in [1.54, 1.807) is 5.57 Å². The van der Waals surface area contributed by atoms with Crippen LogP contribution in [0.3, 0.4) is 0 Å². The summed E-state index contributed by atoms with van der Waals surface area (Å²) in [6.45, 7) is 2.38. The maximum absolute atomic E-state index is 3.91. The molecule has 0 amide bonds. The Bertz CT molecular complexity index is 2110. The Labute approximate surface area is 285 Å². The van der Waals surface area contributed by atoms with Crippen LogP contribution in [0.15, 0.2) is 121 Å². The Balaban J connectivity index is 1.20. The van der Waals surface area contributed by atoms with Crippen LogP contribution in [0.25, 0.3) is 38.3 Å². The molecule has 0 saturated carbocycles. The molecule has 2 nitrogen and oxygen atoms in total. The Morgan fingerprint density at radius 1 is 0.667 bits per heavy atom. The topological polar surface area (TPSA) is 15.3 Å². The third-order valence-corrected chi connectivity index (χ3v) is 11.6. The number of allylic oxidation sites excluding steroid dienone is 11.